The van der Waals surface area contributed by atoms with Crippen LogP contribution >= 0.6 is 0 Å². The lowest BCUT2D eigenvalue weighted by molar-refractivity contribution is -0.118. The number of fused-ring (bicyclic) bond motifs is 1. The van der Waals surface area contributed by atoms with E-state index < -0.39 is 0 Å². The molecule has 0 heterocycles. The Morgan fingerprint density at radius 3 is 2.60 bits per heavy atom. The largest absolute Gasteiger partial charge is 0.496 e. The van der Waals surface area contributed by atoms with Crippen molar-refractivity contribution in [3.8, 4) is 5.75 Å². The average molecular weight is 206 g/mol. The molecule has 0 saturated heterocycles. The van der Waals surface area contributed by atoms with Gasteiger partial charge >= 0.3 is 0 Å². The highest BCUT2D eigenvalue weighted by atomic mass is 16.5. The van der Waals surface area contributed by atoms with Gasteiger partial charge in [-0.3, -0.25) is 4.79 Å². The van der Waals surface area contributed by atoms with Crippen LogP contribution in [0.15, 0.2) is 18.2 Å². The fourth-order valence-electron chi connectivity index (χ4n) is 1.82. The zero-order valence-electron chi connectivity index (χ0n) is 9.67. The number of hydrogen-bond acceptors (Lipinski definition) is 2. The van der Waals surface area contributed by atoms with Crippen molar-refractivity contribution in [1.82, 2.24) is 0 Å². The molecule has 0 saturated carbocycles. The van der Waals surface area contributed by atoms with Gasteiger partial charge in [0.1, 0.15) is 11.5 Å². The number of rotatable bonds is 1. The van der Waals surface area contributed by atoms with Crippen molar-refractivity contribution in [3.63, 3.8) is 0 Å². The van der Waals surface area contributed by atoms with Crippen molar-refractivity contribution in [3.05, 3.63) is 29.3 Å². The van der Waals surface area contributed by atoms with Crippen LogP contribution in [0.3, 0.4) is 0 Å². The fourth-order valence-corrected chi connectivity index (χ4v) is 1.82. The molecule has 2 nitrogen and oxygen atoms in total. The molecular weight excluding hydrogens is 188 g/mol. The summed E-state index contributed by atoms with van der Waals surface area (Å²) < 4.78 is 5.24. The van der Waals surface area contributed by atoms with Gasteiger partial charge in [-0.15, -0.1) is 0 Å². The molecule has 2 heteroatoms. The Balaban J connectivity index is 0.000000531. The highest BCUT2D eigenvalue weighted by molar-refractivity contribution is 5.83. The van der Waals surface area contributed by atoms with Crippen LogP contribution in [-0.4, -0.2) is 12.9 Å². The van der Waals surface area contributed by atoms with E-state index in [-0.39, 0.29) is 0 Å². The number of Topliss-reactive ketones (excluding diaryl/α,β-unsaturated/α-hetero) is 1. The van der Waals surface area contributed by atoms with Crippen LogP contribution in [0.2, 0.25) is 0 Å². The molecule has 82 valence electrons. The molecule has 0 spiro atoms. The molecule has 0 aliphatic heterocycles. The number of carbonyl (C=O) groups is 1. The van der Waals surface area contributed by atoms with Gasteiger partial charge in [0.05, 0.1) is 7.11 Å². The van der Waals surface area contributed by atoms with E-state index in [0.29, 0.717) is 18.6 Å². The van der Waals surface area contributed by atoms with Gasteiger partial charge in [-0.05, 0) is 23.6 Å². The van der Waals surface area contributed by atoms with E-state index in [1.54, 1.807) is 7.11 Å². The zero-order chi connectivity index (χ0) is 11.3. The minimum absolute atomic E-state index is 0.334. The SMILES string of the molecule is CC.COc1cccc2c1CCC(=O)C2. The maximum absolute atomic E-state index is 11.2. The van der Waals surface area contributed by atoms with E-state index in [0.717, 1.165) is 17.7 Å². The molecular formula is C13H18O2. The van der Waals surface area contributed by atoms with E-state index in [1.165, 1.54) is 5.56 Å². The zero-order valence-corrected chi connectivity index (χ0v) is 9.67. The third-order valence-electron chi connectivity index (χ3n) is 2.49. The molecule has 15 heavy (non-hydrogen) atoms. The molecule has 1 aliphatic rings. The van der Waals surface area contributed by atoms with E-state index >= 15 is 0 Å². The van der Waals surface area contributed by atoms with Crippen molar-refractivity contribution in [2.24, 2.45) is 0 Å². The van der Waals surface area contributed by atoms with Gasteiger partial charge in [0.15, 0.2) is 0 Å². The molecule has 0 aromatic heterocycles. The summed E-state index contributed by atoms with van der Waals surface area (Å²) in [4.78, 5) is 11.2. The number of benzene rings is 1. The summed E-state index contributed by atoms with van der Waals surface area (Å²) >= 11 is 0. The van der Waals surface area contributed by atoms with Gasteiger partial charge in [-0.1, -0.05) is 26.0 Å². The van der Waals surface area contributed by atoms with E-state index in [1.807, 2.05) is 32.0 Å². The molecule has 2 rings (SSSR count). The van der Waals surface area contributed by atoms with Crippen LogP contribution in [-0.2, 0) is 17.6 Å². The van der Waals surface area contributed by atoms with Crippen molar-refractivity contribution in [1.29, 1.82) is 0 Å². The Bertz CT molecular complexity index is 342. The lowest BCUT2D eigenvalue weighted by atomic mass is 9.90. The molecule has 1 aromatic carbocycles. The predicted octanol–water partition coefficient (Wildman–Crippen LogP) is 2.78. The second kappa shape index (κ2) is 5.54. The minimum atomic E-state index is 0.334. The van der Waals surface area contributed by atoms with Gasteiger partial charge in [0.2, 0.25) is 0 Å². The van der Waals surface area contributed by atoms with Crippen LogP contribution in [0, 0.1) is 0 Å². The third kappa shape index (κ3) is 2.58. The highest BCUT2D eigenvalue weighted by Crippen LogP contribution is 2.27. The maximum Gasteiger partial charge on any atom is 0.137 e. The first-order valence-electron chi connectivity index (χ1n) is 5.47. The highest BCUT2D eigenvalue weighted by Gasteiger charge is 2.17. The molecule has 0 fully saturated rings. The molecule has 0 N–H and O–H groups in total. The molecule has 0 radical (unpaired) electrons. The van der Waals surface area contributed by atoms with Crippen molar-refractivity contribution in [2.45, 2.75) is 33.1 Å². The second-order valence-corrected chi connectivity index (χ2v) is 3.31. The Morgan fingerprint density at radius 1 is 1.20 bits per heavy atom. The monoisotopic (exact) mass is 206 g/mol. The smallest absolute Gasteiger partial charge is 0.137 e. The molecule has 0 amide bonds. The summed E-state index contributed by atoms with van der Waals surface area (Å²) in [5, 5.41) is 0. The quantitative estimate of drug-likeness (QED) is 0.706. The first kappa shape index (κ1) is 11.8. The van der Waals surface area contributed by atoms with Gasteiger partial charge in [-0.2, -0.15) is 0 Å². The minimum Gasteiger partial charge on any atom is -0.496 e. The first-order chi connectivity index (χ1) is 7.31. The summed E-state index contributed by atoms with van der Waals surface area (Å²) in [6.07, 6.45) is 2.07. The van der Waals surface area contributed by atoms with Gasteiger partial charge < -0.3 is 4.74 Å². The summed E-state index contributed by atoms with van der Waals surface area (Å²) in [5.74, 6) is 1.26. The lowest BCUT2D eigenvalue weighted by Gasteiger charge is -2.17. The van der Waals surface area contributed by atoms with Crippen LogP contribution in [0.25, 0.3) is 0 Å². The molecule has 0 atom stereocenters. The number of carbonyl (C=O) groups excluding carboxylic acids is 1. The van der Waals surface area contributed by atoms with Gasteiger partial charge in [0.25, 0.3) is 0 Å². The fraction of sp³-hybridized carbons (Fsp3) is 0.462. The first-order valence-corrected chi connectivity index (χ1v) is 5.47. The van der Waals surface area contributed by atoms with Crippen molar-refractivity contribution >= 4 is 5.78 Å². The molecule has 1 aliphatic carbocycles. The normalized spacial score (nSPS) is 13.7. The van der Waals surface area contributed by atoms with Crippen LogP contribution < -0.4 is 4.74 Å². The number of methoxy groups -OCH3 is 1. The Hall–Kier alpha value is -1.31. The standard InChI is InChI=1S/C11H12O2.C2H6/c1-13-11-4-2-3-8-7-9(12)5-6-10(8)11;1-2/h2-4H,5-7H2,1H3;1-2H3. The molecule has 1 aromatic rings. The average Bonchev–Trinajstić information content (AvgIpc) is 2.30. The number of hydrogen-bond donors (Lipinski definition) is 0. The summed E-state index contributed by atoms with van der Waals surface area (Å²) in [7, 11) is 1.67. The number of ether oxygens (including phenoxy) is 1. The Labute approximate surface area is 91.3 Å². The number of ketones is 1. The van der Waals surface area contributed by atoms with E-state index in [9.17, 15) is 4.79 Å². The summed E-state index contributed by atoms with van der Waals surface area (Å²) in [6, 6.07) is 5.90. The maximum atomic E-state index is 11.2. The van der Waals surface area contributed by atoms with E-state index in [2.05, 4.69) is 0 Å². The van der Waals surface area contributed by atoms with Crippen LogP contribution in [0.1, 0.15) is 31.4 Å². The third-order valence-corrected chi connectivity index (χ3v) is 2.49. The van der Waals surface area contributed by atoms with Crippen LogP contribution in [0.5, 0.6) is 5.75 Å². The Morgan fingerprint density at radius 2 is 1.93 bits per heavy atom. The predicted molar refractivity (Wildman–Crippen MR) is 61.4 cm³/mol. The van der Waals surface area contributed by atoms with Gasteiger partial charge in [-0.25, -0.2) is 0 Å². The summed E-state index contributed by atoms with van der Waals surface area (Å²) in [6.45, 7) is 4.00. The second-order valence-electron chi connectivity index (χ2n) is 3.31. The molecule has 0 bridgehead atoms. The topological polar surface area (TPSA) is 26.3 Å². The summed E-state index contributed by atoms with van der Waals surface area (Å²) in [5.41, 5.74) is 2.35. The Kier molecular flexibility index (Phi) is 4.35. The van der Waals surface area contributed by atoms with E-state index in [4.69, 9.17) is 4.74 Å². The molecule has 0 unspecified atom stereocenters. The van der Waals surface area contributed by atoms with Crippen molar-refractivity contribution in [2.75, 3.05) is 7.11 Å². The van der Waals surface area contributed by atoms with Gasteiger partial charge in [0, 0.05) is 12.8 Å². The van der Waals surface area contributed by atoms with Crippen LogP contribution in [0.4, 0.5) is 0 Å². The van der Waals surface area contributed by atoms with Crippen molar-refractivity contribution < 1.29 is 9.53 Å². The lowest BCUT2D eigenvalue weighted by Crippen LogP contribution is -2.13.